The van der Waals surface area contributed by atoms with E-state index in [0.717, 1.165) is 27.8 Å². The van der Waals surface area contributed by atoms with Crippen molar-refractivity contribution < 1.29 is 4.74 Å². The van der Waals surface area contributed by atoms with Gasteiger partial charge in [-0.15, -0.1) is 5.10 Å². The minimum atomic E-state index is 0.351. The molecule has 0 aliphatic heterocycles. The van der Waals surface area contributed by atoms with Gasteiger partial charge in [0.25, 0.3) is 0 Å². The zero-order valence-electron chi connectivity index (χ0n) is 19.5. The quantitative estimate of drug-likeness (QED) is 0.398. The van der Waals surface area contributed by atoms with Crippen molar-refractivity contribution in [1.82, 2.24) is 25.1 Å². The van der Waals surface area contributed by atoms with Crippen molar-refractivity contribution in [2.45, 2.75) is 19.8 Å². The second-order valence-electron chi connectivity index (χ2n) is 7.92. The van der Waals surface area contributed by atoms with Crippen LogP contribution in [-0.4, -0.2) is 45.5 Å². The number of nitrogens with zero attached hydrogens (tertiary/aromatic N) is 6. The minimum absolute atomic E-state index is 0.351. The molecule has 4 aromatic rings. The van der Waals surface area contributed by atoms with Gasteiger partial charge in [-0.1, -0.05) is 13.8 Å². The maximum Gasteiger partial charge on any atom is 0.212 e. The van der Waals surface area contributed by atoms with E-state index in [4.69, 9.17) is 15.5 Å². The molecule has 0 radical (unpaired) electrons. The van der Waals surface area contributed by atoms with Gasteiger partial charge in [0, 0.05) is 54.1 Å². The number of aliphatic imine (C=N–C) groups is 1. The zero-order chi connectivity index (χ0) is 24.1. The first-order chi connectivity index (χ1) is 16.5. The van der Waals surface area contributed by atoms with Crippen LogP contribution in [0.25, 0.3) is 22.3 Å². The van der Waals surface area contributed by atoms with Gasteiger partial charge in [-0.05, 0) is 41.8 Å². The lowest BCUT2D eigenvalue weighted by Crippen LogP contribution is -2.04. The smallest absolute Gasteiger partial charge is 0.212 e. The van der Waals surface area contributed by atoms with Crippen molar-refractivity contribution in [3.8, 4) is 5.88 Å². The SMILES string of the molecule is CN=CC(=C(N)c1ccc(OC)nc1)c1cnc2ccc(Nc3cc(C(C)C)cnn3)nc2c1. The van der Waals surface area contributed by atoms with Crippen LogP contribution in [0.15, 0.2) is 60.0 Å². The first-order valence-corrected chi connectivity index (χ1v) is 10.8. The Bertz CT molecular complexity index is 1360. The van der Waals surface area contributed by atoms with E-state index in [-0.39, 0.29) is 0 Å². The number of anilines is 2. The summed E-state index contributed by atoms with van der Waals surface area (Å²) in [5.41, 5.74) is 11.8. The molecule has 0 spiro atoms. The van der Waals surface area contributed by atoms with Crippen molar-refractivity contribution in [1.29, 1.82) is 0 Å². The summed E-state index contributed by atoms with van der Waals surface area (Å²) in [6.07, 6.45) is 6.90. The molecule has 0 amide bonds. The third-order valence-corrected chi connectivity index (χ3v) is 5.25. The van der Waals surface area contributed by atoms with Gasteiger partial charge in [0.1, 0.15) is 5.82 Å². The van der Waals surface area contributed by atoms with Crippen molar-refractivity contribution in [2.24, 2.45) is 10.7 Å². The number of aromatic nitrogens is 5. The highest BCUT2D eigenvalue weighted by Crippen LogP contribution is 2.25. The number of methoxy groups -OCH3 is 1. The monoisotopic (exact) mass is 454 g/mol. The number of allylic oxidation sites excluding steroid dienone is 1. The molecule has 0 fully saturated rings. The van der Waals surface area contributed by atoms with E-state index >= 15 is 0 Å². The third kappa shape index (κ3) is 4.98. The summed E-state index contributed by atoms with van der Waals surface area (Å²) in [6, 6.07) is 11.3. The fraction of sp³-hybridized carbons (Fsp3) is 0.200. The summed E-state index contributed by atoms with van der Waals surface area (Å²) in [6.45, 7) is 4.22. The summed E-state index contributed by atoms with van der Waals surface area (Å²) in [5, 5.41) is 11.5. The van der Waals surface area contributed by atoms with Crippen LogP contribution in [0.2, 0.25) is 0 Å². The number of nitrogens with one attached hydrogen (secondary N) is 1. The molecule has 0 saturated heterocycles. The molecule has 4 heterocycles. The molecular weight excluding hydrogens is 428 g/mol. The number of pyridine rings is 3. The molecule has 4 rings (SSSR count). The molecule has 0 aromatic carbocycles. The minimum Gasteiger partial charge on any atom is -0.481 e. The molecular formula is C25H26N8O. The number of fused-ring (bicyclic) bond motifs is 1. The number of nitrogens with two attached hydrogens (primary N) is 1. The maximum absolute atomic E-state index is 6.50. The Balaban J connectivity index is 1.71. The van der Waals surface area contributed by atoms with Gasteiger partial charge in [0.15, 0.2) is 5.82 Å². The lowest BCUT2D eigenvalue weighted by Gasteiger charge is -2.11. The van der Waals surface area contributed by atoms with Crippen LogP contribution >= 0.6 is 0 Å². The highest BCUT2D eigenvalue weighted by atomic mass is 16.5. The molecule has 0 unspecified atom stereocenters. The summed E-state index contributed by atoms with van der Waals surface area (Å²) in [4.78, 5) is 17.7. The van der Waals surface area contributed by atoms with Gasteiger partial charge in [-0.25, -0.2) is 9.97 Å². The summed E-state index contributed by atoms with van der Waals surface area (Å²) in [5.74, 6) is 2.15. The fourth-order valence-electron chi connectivity index (χ4n) is 3.36. The number of hydrogen-bond donors (Lipinski definition) is 2. The largest absolute Gasteiger partial charge is 0.481 e. The van der Waals surface area contributed by atoms with Gasteiger partial charge in [0.05, 0.1) is 24.3 Å². The number of ether oxygens (including phenoxy) is 1. The Labute approximate surface area is 197 Å². The van der Waals surface area contributed by atoms with Crippen LogP contribution in [0.5, 0.6) is 5.88 Å². The van der Waals surface area contributed by atoms with Crippen LogP contribution in [0, 0.1) is 0 Å². The molecule has 4 aromatic heterocycles. The first-order valence-electron chi connectivity index (χ1n) is 10.8. The van der Waals surface area contributed by atoms with Gasteiger partial charge < -0.3 is 15.8 Å². The summed E-state index contributed by atoms with van der Waals surface area (Å²) in [7, 11) is 3.27. The van der Waals surface area contributed by atoms with E-state index in [1.54, 1.807) is 45.0 Å². The normalized spacial score (nSPS) is 12.3. The third-order valence-electron chi connectivity index (χ3n) is 5.25. The Kier molecular flexibility index (Phi) is 6.72. The molecule has 9 heteroatoms. The second-order valence-corrected chi connectivity index (χ2v) is 7.92. The van der Waals surface area contributed by atoms with E-state index in [1.165, 1.54) is 0 Å². The number of rotatable bonds is 7. The van der Waals surface area contributed by atoms with E-state index in [2.05, 4.69) is 44.3 Å². The summed E-state index contributed by atoms with van der Waals surface area (Å²) >= 11 is 0. The molecule has 172 valence electrons. The molecule has 3 N–H and O–H groups in total. The van der Waals surface area contributed by atoms with Crippen LogP contribution in [0.4, 0.5) is 11.6 Å². The van der Waals surface area contributed by atoms with Gasteiger partial charge in [0.2, 0.25) is 5.88 Å². The highest BCUT2D eigenvalue weighted by molar-refractivity contribution is 6.19. The average Bonchev–Trinajstić information content (AvgIpc) is 2.86. The predicted molar refractivity (Wildman–Crippen MR) is 135 cm³/mol. The van der Waals surface area contributed by atoms with Crippen LogP contribution < -0.4 is 15.8 Å². The Morgan fingerprint density at radius 3 is 2.53 bits per heavy atom. The topological polar surface area (TPSA) is 124 Å². The maximum atomic E-state index is 6.50. The van der Waals surface area contributed by atoms with E-state index in [9.17, 15) is 0 Å². The van der Waals surface area contributed by atoms with Crippen LogP contribution in [0.3, 0.4) is 0 Å². The van der Waals surface area contributed by atoms with Crippen molar-refractivity contribution in [2.75, 3.05) is 19.5 Å². The van der Waals surface area contributed by atoms with E-state index in [1.807, 2.05) is 30.3 Å². The van der Waals surface area contributed by atoms with Crippen LogP contribution in [-0.2, 0) is 0 Å². The van der Waals surface area contributed by atoms with Gasteiger partial charge in [-0.2, -0.15) is 5.10 Å². The molecule has 0 aliphatic rings. The Morgan fingerprint density at radius 2 is 1.82 bits per heavy atom. The van der Waals surface area contributed by atoms with Crippen molar-refractivity contribution in [3.63, 3.8) is 0 Å². The molecule has 9 nitrogen and oxygen atoms in total. The molecule has 0 saturated carbocycles. The Morgan fingerprint density at radius 1 is 1.00 bits per heavy atom. The van der Waals surface area contributed by atoms with Gasteiger partial charge in [-0.3, -0.25) is 9.98 Å². The molecule has 0 bridgehead atoms. The van der Waals surface area contributed by atoms with Crippen molar-refractivity contribution in [3.05, 3.63) is 71.7 Å². The average molecular weight is 455 g/mol. The van der Waals surface area contributed by atoms with E-state index in [0.29, 0.717) is 34.6 Å². The number of hydrogen-bond acceptors (Lipinski definition) is 9. The molecule has 0 atom stereocenters. The fourth-order valence-corrected chi connectivity index (χ4v) is 3.36. The van der Waals surface area contributed by atoms with Crippen molar-refractivity contribution >= 4 is 40.2 Å². The lowest BCUT2D eigenvalue weighted by molar-refractivity contribution is 0.398. The highest BCUT2D eigenvalue weighted by Gasteiger charge is 2.11. The lowest BCUT2D eigenvalue weighted by atomic mass is 10.0. The zero-order valence-corrected chi connectivity index (χ0v) is 19.5. The standard InChI is InChI=1S/C25H26N8O/c1-15(2)17-10-23(33-30-13-17)32-22-7-6-20-21(31-22)9-18(12-28-20)19(14-27-3)25(26)16-5-8-24(34-4)29-11-16/h5-15H,26H2,1-4H3,(H,31,32,33). The summed E-state index contributed by atoms with van der Waals surface area (Å²) < 4.78 is 5.13. The molecule has 0 aliphatic carbocycles. The second kappa shape index (κ2) is 10.0. The van der Waals surface area contributed by atoms with Crippen LogP contribution in [0.1, 0.15) is 36.5 Å². The Hall–Kier alpha value is -4.40. The van der Waals surface area contributed by atoms with E-state index < -0.39 is 0 Å². The predicted octanol–water partition coefficient (Wildman–Crippen LogP) is 4.22. The van der Waals surface area contributed by atoms with Gasteiger partial charge >= 0.3 is 0 Å². The first kappa shape index (κ1) is 22.8. The molecule has 34 heavy (non-hydrogen) atoms.